The molecule has 1 amide bonds. The average molecular weight is 161 g/mol. The Morgan fingerprint density at radius 1 is 1.73 bits per heavy atom. The molecule has 4 heteroatoms. The van der Waals surface area contributed by atoms with Crippen molar-refractivity contribution in [1.29, 1.82) is 0 Å². The molecule has 1 N–H and O–H groups in total. The monoisotopic (exact) mass is 161 g/mol. The maximum absolute atomic E-state index is 12.8. The maximum atomic E-state index is 12.8. The number of carboxylic acid groups (broad SMARTS) is 1. The second-order valence-electron chi connectivity index (χ2n) is 3.01. The van der Waals surface area contributed by atoms with Crippen molar-refractivity contribution >= 4 is 6.09 Å². The van der Waals surface area contributed by atoms with Gasteiger partial charge in [-0.2, -0.15) is 0 Å². The van der Waals surface area contributed by atoms with Gasteiger partial charge >= 0.3 is 6.09 Å². The van der Waals surface area contributed by atoms with Gasteiger partial charge in [-0.25, -0.2) is 9.18 Å². The van der Waals surface area contributed by atoms with Gasteiger partial charge in [0.25, 0.3) is 0 Å². The summed E-state index contributed by atoms with van der Waals surface area (Å²) in [5, 5.41) is 8.55. The fourth-order valence-corrected chi connectivity index (χ4v) is 1.29. The van der Waals surface area contributed by atoms with E-state index in [-0.39, 0.29) is 5.92 Å². The Morgan fingerprint density at radius 3 is 2.82 bits per heavy atom. The summed E-state index contributed by atoms with van der Waals surface area (Å²) in [5.41, 5.74) is 0. The first-order chi connectivity index (χ1) is 5.11. The third-order valence-electron chi connectivity index (χ3n) is 2.07. The molecule has 64 valence electrons. The summed E-state index contributed by atoms with van der Waals surface area (Å²) in [5.74, 6) is -0.153. The van der Waals surface area contributed by atoms with E-state index in [1.165, 1.54) is 4.90 Å². The molecular formula is C7H12FNO2. The van der Waals surface area contributed by atoms with Crippen molar-refractivity contribution in [1.82, 2.24) is 4.90 Å². The molecule has 3 nitrogen and oxygen atoms in total. The Bertz CT molecular complexity index is 163. The number of hydrogen-bond donors (Lipinski definition) is 1. The van der Waals surface area contributed by atoms with Gasteiger partial charge in [-0.3, -0.25) is 0 Å². The van der Waals surface area contributed by atoms with Gasteiger partial charge in [-0.1, -0.05) is 6.92 Å². The fraction of sp³-hybridized carbons (Fsp3) is 0.857. The Labute approximate surface area is 64.8 Å². The van der Waals surface area contributed by atoms with Crippen LogP contribution in [-0.2, 0) is 0 Å². The summed E-state index contributed by atoms with van der Waals surface area (Å²) in [6.45, 7) is 2.40. The molecule has 11 heavy (non-hydrogen) atoms. The van der Waals surface area contributed by atoms with Crippen LogP contribution in [0.15, 0.2) is 0 Å². The lowest BCUT2D eigenvalue weighted by atomic mass is 9.98. The molecule has 1 aliphatic rings. The predicted molar refractivity (Wildman–Crippen MR) is 38.3 cm³/mol. The van der Waals surface area contributed by atoms with Crippen LogP contribution < -0.4 is 0 Å². The molecule has 2 atom stereocenters. The first kappa shape index (κ1) is 8.30. The van der Waals surface area contributed by atoms with Crippen LogP contribution in [0.25, 0.3) is 0 Å². The summed E-state index contributed by atoms with van der Waals surface area (Å²) in [4.78, 5) is 11.7. The minimum absolute atomic E-state index is 0.153. The minimum atomic E-state index is -0.941. The topological polar surface area (TPSA) is 40.5 Å². The van der Waals surface area contributed by atoms with E-state index in [0.717, 1.165) is 0 Å². The summed E-state index contributed by atoms with van der Waals surface area (Å²) < 4.78 is 12.8. The molecule has 1 rings (SSSR count). The van der Waals surface area contributed by atoms with E-state index in [9.17, 15) is 9.18 Å². The lowest BCUT2D eigenvalue weighted by Crippen LogP contribution is -2.42. The minimum Gasteiger partial charge on any atom is -0.465 e. The quantitative estimate of drug-likeness (QED) is 0.582. The molecule has 1 saturated heterocycles. The molecule has 0 saturated carbocycles. The van der Waals surface area contributed by atoms with Crippen LogP contribution in [0.1, 0.15) is 13.3 Å². The molecule has 0 aromatic rings. The predicted octanol–water partition coefficient (Wildman–Crippen LogP) is 1.34. The largest absolute Gasteiger partial charge is 0.465 e. The third-order valence-corrected chi connectivity index (χ3v) is 2.07. The van der Waals surface area contributed by atoms with Crippen molar-refractivity contribution < 1.29 is 14.3 Å². The number of likely N-dealkylation sites (tertiary alicyclic amines) is 1. The summed E-state index contributed by atoms with van der Waals surface area (Å²) in [7, 11) is 0. The van der Waals surface area contributed by atoms with Crippen molar-refractivity contribution in [3.8, 4) is 0 Å². The number of hydrogen-bond acceptors (Lipinski definition) is 1. The molecule has 0 aliphatic carbocycles. The summed E-state index contributed by atoms with van der Waals surface area (Å²) in [6.07, 6.45) is -1.43. The Balaban J connectivity index is 2.46. The molecule has 0 radical (unpaired) electrons. The number of nitrogens with zero attached hydrogens (tertiary/aromatic N) is 1. The van der Waals surface area contributed by atoms with E-state index < -0.39 is 12.3 Å². The second kappa shape index (κ2) is 3.07. The van der Waals surface area contributed by atoms with Gasteiger partial charge in [-0.05, 0) is 6.42 Å². The second-order valence-corrected chi connectivity index (χ2v) is 3.01. The zero-order chi connectivity index (χ0) is 8.43. The van der Waals surface area contributed by atoms with Gasteiger partial charge in [0.1, 0.15) is 6.17 Å². The normalized spacial score (nSPS) is 32.0. The van der Waals surface area contributed by atoms with Crippen molar-refractivity contribution in [3.63, 3.8) is 0 Å². The highest BCUT2D eigenvalue weighted by molar-refractivity contribution is 5.65. The van der Waals surface area contributed by atoms with E-state index in [4.69, 9.17) is 5.11 Å². The summed E-state index contributed by atoms with van der Waals surface area (Å²) in [6, 6.07) is 0. The number of amides is 1. The van der Waals surface area contributed by atoms with E-state index in [2.05, 4.69) is 0 Å². The first-order valence-corrected chi connectivity index (χ1v) is 3.73. The summed E-state index contributed by atoms with van der Waals surface area (Å²) >= 11 is 0. The van der Waals surface area contributed by atoms with Crippen LogP contribution in [0.2, 0.25) is 0 Å². The van der Waals surface area contributed by atoms with Gasteiger partial charge in [0.05, 0.1) is 0 Å². The molecule has 0 bridgehead atoms. The van der Waals surface area contributed by atoms with Crippen molar-refractivity contribution in [2.75, 3.05) is 13.1 Å². The van der Waals surface area contributed by atoms with E-state index in [1.807, 2.05) is 0 Å². The Morgan fingerprint density at radius 2 is 2.36 bits per heavy atom. The zero-order valence-electron chi connectivity index (χ0n) is 6.46. The standard InChI is InChI=1S/C7H12FNO2/c1-5-4-9(7(10)11)3-2-6(5)8/h5-6H,2-4H2,1H3,(H,10,11). The third kappa shape index (κ3) is 1.82. The molecule has 0 aromatic carbocycles. The lowest BCUT2D eigenvalue weighted by molar-refractivity contribution is 0.0852. The average Bonchev–Trinajstić information content (AvgIpc) is 1.94. The molecule has 0 spiro atoms. The molecule has 1 fully saturated rings. The zero-order valence-corrected chi connectivity index (χ0v) is 6.46. The Hall–Kier alpha value is -0.800. The number of carbonyl (C=O) groups is 1. The van der Waals surface area contributed by atoms with Crippen LogP contribution in [-0.4, -0.2) is 35.4 Å². The van der Waals surface area contributed by atoms with E-state index in [0.29, 0.717) is 19.5 Å². The van der Waals surface area contributed by atoms with Gasteiger partial charge in [0.15, 0.2) is 0 Å². The molecule has 1 aliphatic heterocycles. The highest BCUT2D eigenvalue weighted by atomic mass is 19.1. The van der Waals surface area contributed by atoms with Crippen LogP contribution in [0.4, 0.5) is 9.18 Å². The highest BCUT2D eigenvalue weighted by Gasteiger charge is 2.27. The molecule has 2 unspecified atom stereocenters. The number of piperidine rings is 1. The maximum Gasteiger partial charge on any atom is 0.407 e. The van der Waals surface area contributed by atoms with E-state index >= 15 is 0 Å². The smallest absolute Gasteiger partial charge is 0.407 e. The first-order valence-electron chi connectivity index (χ1n) is 3.73. The van der Waals surface area contributed by atoms with Gasteiger partial charge in [-0.15, -0.1) is 0 Å². The van der Waals surface area contributed by atoms with E-state index in [1.54, 1.807) is 6.92 Å². The van der Waals surface area contributed by atoms with Crippen molar-refractivity contribution in [2.45, 2.75) is 19.5 Å². The molecule has 0 aromatic heterocycles. The van der Waals surface area contributed by atoms with Gasteiger partial charge in [0, 0.05) is 19.0 Å². The SMILES string of the molecule is CC1CN(C(=O)O)CCC1F. The molecular weight excluding hydrogens is 149 g/mol. The van der Waals surface area contributed by atoms with Gasteiger partial charge < -0.3 is 10.0 Å². The van der Waals surface area contributed by atoms with Crippen LogP contribution in [0.3, 0.4) is 0 Å². The number of alkyl halides is 1. The van der Waals surface area contributed by atoms with Gasteiger partial charge in [0.2, 0.25) is 0 Å². The van der Waals surface area contributed by atoms with Crippen LogP contribution in [0, 0.1) is 5.92 Å². The Kier molecular flexibility index (Phi) is 2.31. The number of rotatable bonds is 0. The van der Waals surface area contributed by atoms with Crippen molar-refractivity contribution in [2.24, 2.45) is 5.92 Å². The van der Waals surface area contributed by atoms with Crippen LogP contribution >= 0.6 is 0 Å². The fourth-order valence-electron chi connectivity index (χ4n) is 1.29. The molecule has 1 heterocycles. The van der Waals surface area contributed by atoms with Crippen LogP contribution in [0.5, 0.6) is 0 Å². The van der Waals surface area contributed by atoms with Crippen molar-refractivity contribution in [3.05, 3.63) is 0 Å². The highest BCUT2D eigenvalue weighted by Crippen LogP contribution is 2.19. The number of halogens is 1. The lowest BCUT2D eigenvalue weighted by Gasteiger charge is -2.30.